The zero-order chi connectivity index (χ0) is 20.7. The number of nitrogens with one attached hydrogen (secondary N) is 1. The van der Waals surface area contributed by atoms with E-state index in [9.17, 15) is 13.2 Å². The monoisotopic (exact) mass is 404 g/mol. The van der Waals surface area contributed by atoms with Crippen molar-refractivity contribution < 1.29 is 17.9 Å². The minimum Gasteiger partial charge on any atom is -0.483 e. The first-order valence-electron chi connectivity index (χ1n) is 9.41. The molecule has 1 N–H and O–H groups in total. The molecule has 0 saturated heterocycles. The molecule has 0 spiro atoms. The Balaban J connectivity index is 2.00. The smallest absolute Gasteiger partial charge is 0.262 e. The highest BCUT2D eigenvalue weighted by Crippen LogP contribution is 2.25. The second kappa shape index (κ2) is 9.71. The van der Waals surface area contributed by atoms with Crippen LogP contribution in [-0.4, -0.2) is 38.3 Å². The predicted molar refractivity (Wildman–Crippen MR) is 111 cm³/mol. The van der Waals surface area contributed by atoms with Gasteiger partial charge in [-0.15, -0.1) is 0 Å². The van der Waals surface area contributed by atoms with Crippen molar-refractivity contribution in [3.63, 3.8) is 0 Å². The lowest BCUT2D eigenvalue weighted by molar-refractivity contribution is -0.118. The van der Waals surface area contributed by atoms with Gasteiger partial charge in [-0.1, -0.05) is 45.9 Å². The quantitative estimate of drug-likeness (QED) is 0.689. The minimum absolute atomic E-state index is 0.122. The maximum Gasteiger partial charge on any atom is 0.262 e. The van der Waals surface area contributed by atoms with E-state index in [1.54, 1.807) is 26.0 Å². The predicted octanol–water partition coefficient (Wildman–Crippen LogP) is 3.86. The van der Waals surface area contributed by atoms with Gasteiger partial charge in [0.25, 0.3) is 5.91 Å². The van der Waals surface area contributed by atoms with Crippen LogP contribution >= 0.6 is 0 Å². The van der Waals surface area contributed by atoms with Crippen LogP contribution in [0.15, 0.2) is 53.4 Å². The molecule has 1 amide bonds. The maximum absolute atomic E-state index is 12.5. The van der Waals surface area contributed by atoms with Crippen LogP contribution in [0.3, 0.4) is 0 Å². The SMILES string of the molecule is CCN(CC)S(=O)(=O)c1ccc(NC(=O)COc2ccccc2C(C)C)cc1. The average Bonchev–Trinajstić information content (AvgIpc) is 2.67. The van der Waals surface area contributed by atoms with E-state index in [1.807, 2.05) is 24.3 Å². The van der Waals surface area contributed by atoms with E-state index < -0.39 is 10.0 Å². The third-order valence-corrected chi connectivity index (χ3v) is 6.45. The van der Waals surface area contributed by atoms with Crippen molar-refractivity contribution in [2.24, 2.45) is 0 Å². The Morgan fingerprint density at radius 1 is 1.04 bits per heavy atom. The third-order valence-electron chi connectivity index (χ3n) is 4.38. The Morgan fingerprint density at radius 3 is 2.21 bits per heavy atom. The highest BCUT2D eigenvalue weighted by Gasteiger charge is 2.21. The number of anilines is 1. The van der Waals surface area contributed by atoms with Crippen LogP contribution in [0.25, 0.3) is 0 Å². The van der Waals surface area contributed by atoms with Gasteiger partial charge in [-0.3, -0.25) is 4.79 Å². The molecule has 2 aromatic rings. The molecule has 0 aromatic heterocycles. The standard InChI is InChI=1S/C21H28N2O4S/c1-5-23(6-2)28(25,26)18-13-11-17(12-14-18)22-21(24)15-27-20-10-8-7-9-19(20)16(3)4/h7-14,16H,5-6,15H2,1-4H3,(H,22,24). The molecule has 0 aliphatic carbocycles. The number of sulfonamides is 1. The van der Waals surface area contributed by atoms with Crippen molar-refractivity contribution in [3.8, 4) is 5.75 Å². The molecule has 0 saturated carbocycles. The lowest BCUT2D eigenvalue weighted by Gasteiger charge is -2.18. The first-order valence-corrected chi connectivity index (χ1v) is 10.8. The Kier molecular flexibility index (Phi) is 7.60. The van der Waals surface area contributed by atoms with Gasteiger partial charge in [-0.05, 0) is 41.8 Å². The Morgan fingerprint density at radius 2 is 1.64 bits per heavy atom. The van der Waals surface area contributed by atoms with Crippen molar-refractivity contribution in [2.75, 3.05) is 25.0 Å². The molecule has 0 unspecified atom stereocenters. The summed E-state index contributed by atoms with van der Waals surface area (Å²) in [4.78, 5) is 12.4. The lowest BCUT2D eigenvalue weighted by Crippen LogP contribution is -2.30. The normalized spacial score (nSPS) is 11.6. The first kappa shape index (κ1) is 21.9. The molecule has 6 nitrogen and oxygen atoms in total. The second-order valence-corrected chi connectivity index (χ2v) is 8.58. The van der Waals surface area contributed by atoms with E-state index >= 15 is 0 Å². The summed E-state index contributed by atoms with van der Waals surface area (Å²) in [6.07, 6.45) is 0. The number of hydrogen-bond acceptors (Lipinski definition) is 4. The van der Waals surface area contributed by atoms with Gasteiger partial charge < -0.3 is 10.1 Å². The van der Waals surface area contributed by atoms with Gasteiger partial charge in [0.05, 0.1) is 4.90 Å². The number of para-hydroxylation sites is 1. The molecule has 0 heterocycles. The summed E-state index contributed by atoms with van der Waals surface area (Å²) >= 11 is 0. The topological polar surface area (TPSA) is 75.7 Å². The third kappa shape index (κ3) is 5.33. The molecule has 0 bridgehead atoms. The van der Waals surface area contributed by atoms with Gasteiger partial charge in [-0.25, -0.2) is 8.42 Å². The summed E-state index contributed by atoms with van der Waals surface area (Å²) < 4.78 is 32.0. The summed E-state index contributed by atoms with van der Waals surface area (Å²) in [6, 6.07) is 13.8. The molecule has 0 aliphatic rings. The van der Waals surface area contributed by atoms with Crippen molar-refractivity contribution in [1.82, 2.24) is 4.31 Å². The van der Waals surface area contributed by atoms with Crippen LogP contribution in [0.2, 0.25) is 0 Å². The Hall–Kier alpha value is -2.38. The van der Waals surface area contributed by atoms with Crippen molar-refractivity contribution in [1.29, 1.82) is 0 Å². The Bertz CT molecular complexity index is 889. The maximum atomic E-state index is 12.5. The molecule has 28 heavy (non-hydrogen) atoms. The van der Waals surface area contributed by atoms with Gasteiger partial charge >= 0.3 is 0 Å². The van der Waals surface area contributed by atoms with Gasteiger partial charge in [0, 0.05) is 18.8 Å². The summed E-state index contributed by atoms with van der Waals surface area (Å²) in [5.74, 6) is 0.672. The van der Waals surface area contributed by atoms with Crippen LogP contribution in [0.5, 0.6) is 5.75 Å². The molecule has 0 fully saturated rings. The van der Waals surface area contributed by atoms with Gasteiger partial charge in [-0.2, -0.15) is 4.31 Å². The van der Waals surface area contributed by atoms with E-state index in [0.717, 1.165) is 5.56 Å². The van der Waals surface area contributed by atoms with Crippen molar-refractivity contribution in [2.45, 2.75) is 38.5 Å². The molecule has 0 radical (unpaired) electrons. The van der Waals surface area contributed by atoms with E-state index in [0.29, 0.717) is 30.4 Å². The summed E-state index contributed by atoms with van der Waals surface area (Å²) in [5, 5.41) is 2.72. The number of carbonyl (C=O) groups is 1. The number of ether oxygens (including phenoxy) is 1. The zero-order valence-electron chi connectivity index (χ0n) is 16.8. The molecule has 2 aromatic carbocycles. The first-order chi connectivity index (χ1) is 13.3. The number of amides is 1. The summed E-state index contributed by atoms with van der Waals surface area (Å²) in [6.45, 7) is 8.43. The van der Waals surface area contributed by atoms with Crippen molar-refractivity contribution >= 4 is 21.6 Å². The van der Waals surface area contributed by atoms with Gasteiger partial charge in [0.15, 0.2) is 6.61 Å². The molecular formula is C21H28N2O4S. The fourth-order valence-electron chi connectivity index (χ4n) is 2.85. The van der Waals surface area contributed by atoms with Crippen molar-refractivity contribution in [3.05, 3.63) is 54.1 Å². The molecule has 2 rings (SSSR count). The van der Waals surface area contributed by atoms with Gasteiger partial charge in [0.1, 0.15) is 5.75 Å². The van der Waals surface area contributed by atoms with Crippen LogP contribution < -0.4 is 10.1 Å². The number of nitrogens with zero attached hydrogens (tertiary/aromatic N) is 1. The van der Waals surface area contributed by atoms with E-state index in [4.69, 9.17) is 4.74 Å². The molecule has 7 heteroatoms. The van der Waals surface area contributed by atoms with E-state index in [1.165, 1.54) is 16.4 Å². The fraction of sp³-hybridized carbons (Fsp3) is 0.381. The van der Waals surface area contributed by atoms with Gasteiger partial charge in [0.2, 0.25) is 10.0 Å². The molecule has 0 aliphatic heterocycles. The molecule has 152 valence electrons. The second-order valence-electron chi connectivity index (χ2n) is 6.64. The van der Waals surface area contributed by atoms with Crippen LogP contribution in [-0.2, 0) is 14.8 Å². The van der Waals surface area contributed by atoms with E-state index in [-0.39, 0.29) is 17.4 Å². The highest BCUT2D eigenvalue weighted by molar-refractivity contribution is 7.89. The van der Waals surface area contributed by atoms with E-state index in [2.05, 4.69) is 19.2 Å². The van der Waals surface area contributed by atoms with Crippen LogP contribution in [0.1, 0.15) is 39.2 Å². The number of rotatable bonds is 9. The Labute approximate surface area is 167 Å². The average molecular weight is 405 g/mol. The molecular weight excluding hydrogens is 376 g/mol. The fourth-order valence-corrected chi connectivity index (χ4v) is 4.31. The highest BCUT2D eigenvalue weighted by atomic mass is 32.2. The minimum atomic E-state index is -3.51. The number of carbonyl (C=O) groups excluding carboxylic acids is 1. The van der Waals surface area contributed by atoms with Crippen LogP contribution in [0, 0.1) is 0 Å². The lowest BCUT2D eigenvalue weighted by atomic mass is 10.0. The molecule has 0 atom stereocenters. The number of hydrogen-bond donors (Lipinski definition) is 1. The van der Waals surface area contributed by atoms with Crippen LogP contribution in [0.4, 0.5) is 5.69 Å². The summed E-state index contributed by atoms with van der Waals surface area (Å²) in [5.41, 5.74) is 1.56. The summed E-state index contributed by atoms with van der Waals surface area (Å²) in [7, 11) is -3.51. The zero-order valence-corrected chi connectivity index (χ0v) is 17.6. The largest absolute Gasteiger partial charge is 0.483 e. The number of benzene rings is 2.